The largest absolute Gasteiger partial charge is 0.493 e. The van der Waals surface area contributed by atoms with Crippen LogP contribution in [-0.2, 0) is 0 Å². The number of hydrogen-bond donors (Lipinski definition) is 1. The van der Waals surface area contributed by atoms with Crippen molar-refractivity contribution >= 4 is 5.69 Å². The van der Waals surface area contributed by atoms with E-state index in [0.29, 0.717) is 6.04 Å². The first-order chi connectivity index (χ1) is 8.83. The molecule has 1 saturated carbocycles. The number of hydrogen-bond acceptors (Lipinski definition) is 3. The summed E-state index contributed by atoms with van der Waals surface area (Å²) in [6.45, 7) is 6.39. The molecule has 98 valence electrons. The van der Waals surface area contributed by atoms with E-state index in [1.54, 1.807) is 0 Å². The molecule has 1 atom stereocenters. The number of anilines is 1. The van der Waals surface area contributed by atoms with Crippen molar-refractivity contribution in [2.45, 2.75) is 25.8 Å². The Morgan fingerprint density at radius 2 is 2.06 bits per heavy atom. The van der Waals surface area contributed by atoms with E-state index >= 15 is 0 Å². The molecule has 0 bridgehead atoms. The highest BCUT2D eigenvalue weighted by atomic mass is 16.5. The van der Waals surface area contributed by atoms with Gasteiger partial charge in [0, 0.05) is 31.4 Å². The van der Waals surface area contributed by atoms with E-state index in [1.807, 2.05) is 0 Å². The molecule has 1 aliphatic carbocycles. The van der Waals surface area contributed by atoms with E-state index in [0.717, 1.165) is 37.9 Å². The van der Waals surface area contributed by atoms with Gasteiger partial charge in [-0.3, -0.25) is 0 Å². The molecule has 1 aliphatic heterocycles. The molecule has 3 rings (SSSR count). The lowest BCUT2D eigenvalue weighted by Gasteiger charge is -2.35. The summed E-state index contributed by atoms with van der Waals surface area (Å²) in [7, 11) is 0. The topological polar surface area (TPSA) is 24.5 Å². The second kappa shape index (κ2) is 5.19. The zero-order valence-electron chi connectivity index (χ0n) is 11.1. The summed E-state index contributed by atoms with van der Waals surface area (Å²) in [5, 5.41) is 3.42. The van der Waals surface area contributed by atoms with Crippen molar-refractivity contribution < 1.29 is 4.74 Å². The van der Waals surface area contributed by atoms with E-state index in [4.69, 9.17) is 4.74 Å². The van der Waals surface area contributed by atoms with Crippen LogP contribution in [0.3, 0.4) is 0 Å². The maximum Gasteiger partial charge on any atom is 0.119 e. The second-order valence-corrected chi connectivity index (χ2v) is 5.49. The Labute approximate surface area is 109 Å². The first kappa shape index (κ1) is 11.8. The monoisotopic (exact) mass is 246 g/mol. The van der Waals surface area contributed by atoms with E-state index in [2.05, 4.69) is 41.4 Å². The fourth-order valence-corrected chi connectivity index (χ4v) is 2.46. The summed E-state index contributed by atoms with van der Waals surface area (Å²) < 4.78 is 5.77. The molecule has 0 unspecified atom stereocenters. The van der Waals surface area contributed by atoms with Gasteiger partial charge in [0.15, 0.2) is 0 Å². The lowest BCUT2D eigenvalue weighted by Crippen LogP contribution is -2.49. The van der Waals surface area contributed by atoms with Crippen LogP contribution in [0.4, 0.5) is 5.69 Å². The first-order valence-electron chi connectivity index (χ1n) is 7.03. The molecule has 0 aromatic heterocycles. The normalized spacial score (nSPS) is 24.1. The molecule has 1 N–H and O–H groups in total. The number of ether oxygens (including phenoxy) is 1. The number of rotatable bonds is 4. The average Bonchev–Trinajstić information content (AvgIpc) is 3.22. The van der Waals surface area contributed by atoms with Gasteiger partial charge in [0.1, 0.15) is 5.75 Å². The summed E-state index contributed by atoms with van der Waals surface area (Å²) in [4.78, 5) is 2.46. The summed E-state index contributed by atoms with van der Waals surface area (Å²) in [6, 6.07) is 9.14. The molecular formula is C15H22N2O. The lowest BCUT2D eigenvalue weighted by molar-refractivity contribution is 0.300. The minimum atomic E-state index is 0.567. The van der Waals surface area contributed by atoms with Crippen LogP contribution in [0.15, 0.2) is 24.3 Å². The van der Waals surface area contributed by atoms with Gasteiger partial charge in [0.05, 0.1) is 6.61 Å². The summed E-state index contributed by atoms with van der Waals surface area (Å²) >= 11 is 0. The van der Waals surface area contributed by atoms with Crippen LogP contribution in [0.25, 0.3) is 0 Å². The predicted molar refractivity (Wildman–Crippen MR) is 74.3 cm³/mol. The predicted octanol–water partition coefficient (Wildman–Crippen LogP) is 2.27. The highest BCUT2D eigenvalue weighted by molar-refractivity contribution is 5.50. The Bertz CT molecular complexity index is 386. The summed E-state index contributed by atoms with van der Waals surface area (Å²) in [5.74, 6) is 1.83. The maximum absolute atomic E-state index is 5.77. The van der Waals surface area contributed by atoms with E-state index < -0.39 is 0 Å². The van der Waals surface area contributed by atoms with Gasteiger partial charge in [0.25, 0.3) is 0 Å². The van der Waals surface area contributed by atoms with Crippen LogP contribution in [-0.4, -0.2) is 32.3 Å². The number of benzene rings is 1. The molecule has 0 radical (unpaired) electrons. The molecule has 1 saturated heterocycles. The molecule has 3 nitrogen and oxygen atoms in total. The van der Waals surface area contributed by atoms with E-state index in [1.165, 1.54) is 18.5 Å². The van der Waals surface area contributed by atoms with Gasteiger partial charge in [-0.2, -0.15) is 0 Å². The summed E-state index contributed by atoms with van der Waals surface area (Å²) in [6.07, 6.45) is 2.69. The van der Waals surface area contributed by atoms with Crippen LogP contribution in [0.1, 0.15) is 19.8 Å². The van der Waals surface area contributed by atoms with Gasteiger partial charge in [0.2, 0.25) is 0 Å². The molecule has 18 heavy (non-hydrogen) atoms. The molecule has 1 aromatic carbocycles. The van der Waals surface area contributed by atoms with Gasteiger partial charge in [-0.15, -0.1) is 0 Å². The molecule has 2 fully saturated rings. The highest BCUT2D eigenvalue weighted by Gasteiger charge is 2.22. The van der Waals surface area contributed by atoms with E-state index in [-0.39, 0.29) is 0 Å². The SMILES string of the molecule is C[C@@H]1CNCCN1c1ccc(OCC2CC2)cc1. The standard InChI is InChI=1S/C15H22N2O/c1-12-10-16-8-9-17(12)14-4-6-15(7-5-14)18-11-13-2-3-13/h4-7,12-13,16H,2-3,8-11H2,1H3/t12-/m1/s1. The van der Waals surface area contributed by atoms with Crippen LogP contribution in [0.2, 0.25) is 0 Å². The van der Waals surface area contributed by atoms with Crippen LogP contribution < -0.4 is 15.0 Å². The smallest absolute Gasteiger partial charge is 0.119 e. The second-order valence-electron chi connectivity index (χ2n) is 5.49. The fourth-order valence-electron chi connectivity index (χ4n) is 2.46. The number of piperazine rings is 1. The fraction of sp³-hybridized carbons (Fsp3) is 0.600. The highest BCUT2D eigenvalue weighted by Crippen LogP contribution is 2.30. The zero-order valence-corrected chi connectivity index (χ0v) is 11.1. The quantitative estimate of drug-likeness (QED) is 0.882. The van der Waals surface area contributed by atoms with Crippen molar-refractivity contribution in [3.8, 4) is 5.75 Å². The maximum atomic E-state index is 5.77. The van der Waals surface area contributed by atoms with Gasteiger partial charge in [-0.25, -0.2) is 0 Å². The van der Waals surface area contributed by atoms with Crippen LogP contribution in [0.5, 0.6) is 5.75 Å². The van der Waals surface area contributed by atoms with Gasteiger partial charge in [-0.1, -0.05) is 0 Å². The van der Waals surface area contributed by atoms with Crippen LogP contribution in [0, 0.1) is 5.92 Å². The minimum Gasteiger partial charge on any atom is -0.493 e. The van der Waals surface area contributed by atoms with Gasteiger partial charge >= 0.3 is 0 Å². The number of nitrogens with one attached hydrogen (secondary N) is 1. The van der Waals surface area contributed by atoms with Gasteiger partial charge < -0.3 is 15.0 Å². The van der Waals surface area contributed by atoms with Crippen molar-refractivity contribution in [3.05, 3.63) is 24.3 Å². The van der Waals surface area contributed by atoms with Crippen molar-refractivity contribution in [1.29, 1.82) is 0 Å². The Morgan fingerprint density at radius 1 is 1.28 bits per heavy atom. The van der Waals surface area contributed by atoms with Crippen LogP contribution >= 0.6 is 0 Å². The molecule has 0 spiro atoms. The zero-order chi connectivity index (χ0) is 12.4. The molecule has 0 amide bonds. The lowest BCUT2D eigenvalue weighted by atomic mass is 10.2. The van der Waals surface area contributed by atoms with E-state index in [9.17, 15) is 0 Å². The Kier molecular flexibility index (Phi) is 3.41. The molecular weight excluding hydrogens is 224 g/mol. The average molecular weight is 246 g/mol. The van der Waals surface area contributed by atoms with Crippen molar-refractivity contribution in [3.63, 3.8) is 0 Å². The number of nitrogens with zero attached hydrogens (tertiary/aromatic N) is 1. The van der Waals surface area contributed by atoms with Gasteiger partial charge in [-0.05, 0) is 49.9 Å². The molecule has 2 aliphatic rings. The minimum absolute atomic E-state index is 0.567. The third-order valence-electron chi connectivity index (χ3n) is 3.85. The molecule has 1 aromatic rings. The van der Waals surface area contributed by atoms with Crippen molar-refractivity contribution in [2.75, 3.05) is 31.1 Å². The first-order valence-corrected chi connectivity index (χ1v) is 7.03. The Morgan fingerprint density at radius 3 is 2.72 bits per heavy atom. The molecule has 3 heteroatoms. The van der Waals surface area contributed by atoms with Crippen molar-refractivity contribution in [1.82, 2.24) is 5.32 Å². The Balaban J connectivity index is 1.61. The Hall–Kier alpha value is -1.22. The third kappa shape index (κ3) is 2.78. The summed E-state index contributed by atoms with van der Waals surface area (Å²) in [5.41, 5.74) is 1.31. The van der Waals surface area contributed by atoms with Crippen molar-refractivity contribution in [2.24, 2.45) is 5.92 Å². The molecule has 1 heterocycles. The third-order valence-corrected chi connectivity index (χ3v) is 3.85.